The van der Waals surface area contributed by atoms with Gasteiger partial charge in [-0.3, -0.25) is 4.79 Å². The molecule has 0 spiro atoms. The normalized spacial score (nSPS) is 13.8. The summed E-state index contributed by atoms with van der Waals surface area (Å²) in [7, 11) is 4.04. The van der Waals surface area contributed by atoms with Gasteiger partial charge < -0.3 is 14.6 Å². The molecule has 0 aliphatic heterocycles. The third kappa shape index (κ3) is 4.02. The van der Waals surface area contributed by atoms with Gasteiger partial charge in [0.2, 0.25) is 0 Å². The van der Waals surface area contributed by atoms with Crippen molar-refractivity contribution in [2.45, 2.75) is 39.3 Å². The minimum absolute atomic E-state index is 0.0459. The van der Waals surface area contributed by atoms with Gasteiger partial charge in [0.1, 0.15) is 5.76 Å². The summed E-state index contributed by atoms with van der Waals surface area (Å²) in [6.07, 6.45) is 0.791. The smallest absolute Gasteiger partial charge is 0.287 e. The number of amides is 1. The predicted molar refractivity (Wildman–Crippen MR) is 92.6 cm³/mol. The second-order valence-electron chi connectivity index (χ2n) is 6.15. The van der Waals surface area contributed by atoms with E-state index in [0.717, 1.165) is 17.7 Å². The summed E-state index contributed by atoms with van der Waals surface area (Å²) >= 11 is 0. The minimum Gasteiger partial charge on any atom is -0.456 e. The Morgan fingerprint density at radius 3 is 2.43 bits per heavy atom. The molecular weight excluding hydrogens is 288 g/mol. The average molecular weight is 314 g/mol. The van der Waals surface area contributed by atoms with Gasteiger partial charge in [0.25, 0.3) is 5.91 Å². The Labute approximate surface area is 138 Å². The quantitative estimate of drug-likeness (QED) is 0.886. The number of nitrogens with zero attached hydrogens (tertiary/aromatic N) is 1. The van der Waals surface area contributed by atoms with E-state index >= 15 is 0 Å². The highest BCUT2D eigenvalue weighted by Crippen LogP contribution is 2.22. The number of benzene rings is 1. The second kappa shape index (κ2) is 7.47. The van der Waals surface area contributed by atoms with Crippen LogP contribution in [0.5, 0.6) is 0 Å². The third-order valence-corrected chi connectivity index (χ3v) is 4.10. The van der Waals surface area contributed by atoms with Crippen molar-refractivity contribution in [3.63, 3.8) is 0 Å². The van der Waals surface area contributed by atoms with Crippen LogP contribution in [0.3, 0.4) is 0 Å². The molecule has 2 aromatic rings. The van der Waals surface area contributed by atoms with E-state index in [9.17, 15) is 4.79 Å². The second-order valence-corrected chi connectivity index (χ2v) is 6.15. The Morgan fingerprint density at radius 1 is 1.26 bits per heavy atom. The molecule has 0 aliphatic rings. The summed E-state index contributed by atoms with van der Waals surface area (Å²) in [5.74, 6) is 1.09. The van der Waals surface area contributed by atoms with E-state index in [-0.39, 0.29) is 18.0 Å². The number of carbonyl (C=O) groups excluding carboxylic acids is 1. The van der Waals surface area contributed by atoms with Gasteiger partial charge in [0.05, 0.1) is 6.04 Å². The Balaban J connectivity index is 2.15. The highest BCUT2D eigenvalue weighted by atomic mass is 16.4. The first-order valence-electron chi connectivity index (χ1n) is 8.05. The van der Waals surface area contributed by atoms with E-state index < -0.39 is 0 Å². The first-order chi connectivity index (χ1) is 10.9. The van der Waals surface area contributed by atoms with E-state index in [1.54, 1.807) is 0 Å². The molecule has 4 heteroatoms. The summed E-state index contributed by atoms with van der Waals surface area (Å²) in [5, 5.41) is 3.07. The lowest BCUT2D eigenvalue weighted by Crippen LogP contribution is -2.42. The lowest BCUT2D eigenvalue weighted by molar-refractivity contribution is 0.0886. The van der Waals surface area contributed by atoms with E-state index in [4.69, 9.17) is 4.42 Å². The van der Waals surface area contributed by atoms with E-state index in [0.29, 0.717) is 5.76 Å². The molecule has 124 valence electrons. The highest BCUT2D eigenvalue weighted by Gasteiger charge is 2.24. The number of carbonyl (C=O) groups is 1. The summed E-state index contributed by atoms with van der Waals surface area (Å²) in [5.41, 5.74) is 2.20. The monoisotopic (exact) mass is 314 g/mol. The van der Waals surface area contributed by atoms with Gasteiger partial charge in [-0.15, -0.1) is 0 Å². The Hall–Kier alpha value is -2.07. The largest absolute Gasteiger partial charge is 0.456 e. The van der Waals surface area contributed by atoms with Crippen molar-refractivity contribution >= 4 is 5.91 Å². The van der Waals surface area contributed by atoms with Crippen LogP contribution in [0.4, 0.5) is 0 Å². The number of nitrogens with one attached hydrogen (secondary N) is 1. The average Bonchev–Trinajstić information content (AvgIpc) is 2.89. The Morgan fingerprint density at radius 2 is 1.91 bits per heavy atom. The van der Waals surface area contributed by atoms with Crippen molar-refractivity contribution < 1.29 is 9.21 Å². The molecule has 0 bridgehead atoms. The first kappa shape index (κ1) is 17.3. The summed E-state index contributed by atoms with van der Waals surface area (Å²) in [4.78, 5) is 14.6. The van der Waals surface area contributed by atoms with E-state index in [2.05, 4.69) is 22.3 Å². The molecule has 0 aliphatic carbocycles. The zero-order valence-corrected chi connectivity index (χ0v) is 14.6. The van der Waals surface area contributed by atoms with Crippen molar-refractivity contribution in [1.29, 1.82) is 0 Å². The number of furan rings is 1. The molecule has 1 aromatic carbocycles. The Kier molecular flexibility index (Phi) is 5.61. The fourth-order valence-electron chi connectivity index (χ4n) is 3.02. The number of aryl methyl sites for hydroxylation is 2. The maximum Gasteiger partial charge on any atom is 0.287 e. The van der Waals surface area contributed by atoms with Crippen molar-refractivity contribution in [3.05, 3.63) is 59.0 Å². The van der Waals surface area contributed by atoms with Crippen LogP contribution in [0, 0.1) is 6.92 Å². The lowest BCUT2D eigenvalue weighted by atomic mass is 9.99. The molecule has 0 fully saturated rings. The van der Waals surface area contributed by atoms with Crippen LogP contribution in [0.2, 0.25) is 0 Å². The van der Waals surface area contributed by atoms with Gasteiger partial charge in [0.15, 0.2) is 5.76 Å². The molecular formula is C19H26N2O2. The number of hydrogen-bond donors (Lipinski definition) is 1. The third-order valence-electron chi connectivity index (χ3n) is 4.10. The van der Waals surface area contributed by atoms with Crippen LogP contribution in [0.15, 0.2) is 40.8 Å². The van der Waals surface area contributed by atoms with Gasteiger partial charge in [0, 0.05) is 12.5 Å². The zero-order valence-electron chi connectivity index (χ0n) is 14.6. The van der Waals surface area contributed by atoms with Crippen molar-refractivity contribution in [2.75, 3.05) is 14.1 Å². The van der Waals surface area contributed by atoms with Crippen LogP contribution < -0.4 is 5.32 Å². The molecule has 0 saturated carbocycles. The highest BCUT2D eigenvalue weighted by molar-refractivity contribution is 5.92. The van der Waals surface area contributed by atoms with Crippen molar-refractivity contribution in [3.8, 4) is 0 Å². The van der Waals surface area contributed by atoms with Crippen LogP contribution in [-0.2, 0) is 6.42 Å². The molecule has 0 saturated heterocycles. The molecule has 4 nitrogen and oxygen atoms in total. The van der Waals surface area contributed by atoms with E-state index in [1.165, 1.54) is 5.56 Å². The lowest BCUT2D eigenvalue weighted by Gasteiger charge is -2.31. The van der Waals surface area contributed by atoms with Gasteiger partial charge in [-0.2, -0.15) is 0 Å². The van der Waals surface area contributed by atoms with Crippen LogP contribution >= 0.6 is 0 Å². The molecule has 2 atom stereocenters. The van der Waals surface area contributed by atoms with Gasteiger partial charge in [-0.25, -0.2) is 0 Å². The topological polar surface area (TPSA) is 45.5 Å². The molecule has 1 heterocycles. The van der Waals surface area contributed by atoms with Crippen LogP contribution in [-0.4, -0.2) is 30.9 Å². The predicted octanol–water partition coefficient (Wildman–Crippen LogP) is 3.57. The standard InChI is InChI=1S/C19H26N2O2/c1-6-16-13(2)12-17(23-16)19(22)20-14(3)18(21(4)5)15-10-8-7-9-11-15/h7-12,14,18H,6H2,1-5H3,(H,20,22)/t14-,18+/m1/s1. The molecule has 2 rings (SSSR count). The van der Waals surface area contributed by atoms with Crippen molar-refractivity contribution in [1.82, 2.24) is 10.2 Å². The van der Waals surface area contributed by atoms with Gasteiger partial charge in [-0.05, 0) is 45.1 Å². The molecule has 0 radical (unpaired) electrons. The Bertz CT molecular complexity index is 647. The summed E-state index contributed by atoms with van der Waals surface area (Å²) in [6.45, 7) is 6.01. The van der Waals surface area contributed by atoms with Gasteiger partial charge >= 0.3 is 0 Å². The summed E-state index contributed by atoms with van der Waals surface area (Å²) < 4.78 is 5.65. The fraction of sp³-hybridized carbons (Fsp3) is 0.421. The van der Waals surface area contributed by atoms with Crippen LogP contribution in [0.25, 0.3) is 0 Å². The van der Waals surface area contributed by atoms with Crippen molar-refractivity contribution in [2.24, 2.45) is 0 Å². The fourth-order valence-corrected chi connectivity index (χ4v) is 3.02. The molecule has 1 amide bonds. The molecule has 0 unspecified atom stereocenters. The summed E-state index contributed by atoms with van der Waals surface area (Å²) in [6, 6.07) is 12.1. The minimum atomic E-state index is -0.164. The first-order valence-corrected chi connectivity index (χ1v) is 8.05. The van der Waals surface area contributed by atoms with Crippen LogP contribution in [0.1, 0.15) is 47.3 Å². The molecule has 1 aromatic heterocycles. The maximum atomic E-state index is 12.5. The maximum absolute atomic E-state index is 12.5. The van der Waals surface area contributed by atoms with Gasteiger partial charge in [-0.1, -0.05) is 37.3 Å². The van der Waals surface area contributed by atoms with E-state index in [1.807, 2.05) is 59.1 Å². The SMILES string of the molecule is CCc1oc(C(=O)N[C@H](C)[C@@H](c2ccccc2)N(C)C)cc1C. The number of hydrogen-bond acceptors (Lipinski definition) is 3. The zero-order chi connectivity index (χ0) is 17.0. The number of likely N-dealkylation sites (N-methyl/N-ethyl adjacent to an activating group) is 1. The molecule has 23 heavy (non-hydrogen) atoms. The number of rotatable bonds is 6. The molecule has 1 N–H and O–H groups in total.